The van der Waals surface area contributed by atoms with Gasteiger partial charge in [-0.05, 0) is 37.3 Å². The Morgan fingerprint density at radius 3 is 2.54 bits per heavy atom. The number of carbonyl (C=O) groups is 1. The number of aryl methyl sites for hydroxylation is 1. The van der Waals surface area contributed by atoms with E-state index in [-0.39, 0.29) is 12.7 Å². The van der Waals surface area contributed by atoms with Crippen molar-refractivity contribution in [1.82, 2.24) is 4.98 Å². The standard InChI is InChI=1S/C20H17N3O3/c1-13-2-4-15(5-3-13)22-17-8-14(10-21-11-17)20(24)23-16-6-7-18-19(9-16)26-12-25-18/h2-11,22H,12H2,1H3,(H,23,24). The highest BCUT2D eigenvalue weighted by Gasteiger charge is 2.15. The minimum Gasteiger partial charge on any atom is -0.454 e. The molecule has 130 valence electrons. The molecule has 0 atom stereocenters. The van der Waals surface area contributed by atoms with Gasteiger partial charge in [-0.2, -0.15) is 0 Å². The minimum atomic E-state index is -0.246. The highest BCUT2D eigenvalue weighted by atomic mass is 16.7. The van der Waals surface area contributed by atoms with Crippen LogP contribution in [0, 0.1) is 6.92 Å². The number of pyridine rings is 1. The number of hydrogen-bond acceptors (Lipinski definition) is 5. The van der Waals surface area contributed by atoms with E-state index in [2.05, 4.69) is 15.6 Å². The molecule has 2 aromatic carbocycles. The normalized spacial score (nSPS) is 11.9. The van der Waals surface area contributed by atoms with Crippen molar-refractivity contribution in [2.45, 2.75) is 6.92 Å². The fraction of sp³-hybridized carbons (Fsp3) is 0.100. The van der Waals surface area contributed by atoms with Gasteiger partial charge >= 0.3 is 0 Å². The Balaban J connectivity index is 1.48. The summed E-state index contributed by atoms with van der Waals surface area (Å²) in [6, 6.07) is 15.0. The van der Waals surface area contributed by atoms with Crippen LogP contribution in [0.1, 0.15) is 15.9 Å². The molecule has 3 aromatic rings. The quantitative estimate of drug-likeness (QED) is 0.743. The van der Waals surface area contributed by atoms with Crippen molar-refractivity contribution >= 4 is 23.0 Å². The molecule has 0 radical (unpaired) electrons. The van der Waals surface area contributed by atoms with E-state index in [4.69, 9.17) is 9.47 Å². The maximum absolute atomic E-state index is 12.5. The van der Waals surface area contributed by atoms with Gasteiger partial charge in [0.2, 0.25) is 6.79 Å². The maximum atomic E-state index is 12.5. The molecule has 6 nitrogen and oxygen atoms in total. The number of carbonyl (C=O) groups excluding carboxylic acids is 1. The molecule has 0 aliphatic carbocycles. The van der Waals surface area contributed by atoms with Crippen LogP contribution in [-0.4, -0.2) is 17.7 Å². The summed E-state index contributed by atoms with van der Waals surface area (Å²) < 4.78 is 10.6. The van der Waals surface area contributed by atoms with Gasteiger partial charge in [-0.15, -0.1) is 0 Å². The Morgan fingerprint density at radius 2 is 1.69 bits per heavy atom. The van der Waals surface area contributed by atoms with E-state index in [1.807, 2.05) is 31.2 Å². The fourth-order valence-corrected chi connectivity index (χ4v) is 2.61. The van der Waals surface area contributed by atoms with Crippen molar-refractivity contribution in [2.75, 3.05) is 17.4 Å². The zero-order valence-corrected chi connectivity index (χ0v) is 14.2. The topological polar surface area (TPSA) is 72.5 Å². The summed E-state index contributed by atoms with van der Waals surface area (Å²) in [5, 5.41) is 6.09. The zero-order chi connectivity index (χ0) is 17.9. The second kappa shape index (κ2) is 6.76. The van der Waals surface area contributed by atoms with Crippen LogP contribution < -0.4 is 20.1 Å². The molecule has 0 fully saturated rings. The Kier molecular flexibility index (Phi) is 4.15. The van der Waals surface area contributed by atoms with Crippen molar-refractivity contribution in [2.24, 2.45) is 0 Å². The number of nitrogens with one attached hydrogen (secondary N) is 2. The van der Waals surface area contributed by atoms with Crippen LogP contribution in [0.2, 0.25) is 0 Å². The van der Waals surface area contributed by atoms with Gasteiger partial charge in [-0.25, -0.2) is 0 Å². The fourth-order valence-electron chi connectivity index (χ4n) is 2.61. The Hall–Kier alpha value is -3.54. The molecule has 1 aromatic heterocycles. The van der Waals surface area contributed by atoms with Gasteiger partial charge in [0.25, 0.3) is 5.91 Å². The number of aromatic nitrogens is 1. The number of anilines is 3. The number of benzene rings is 2. The molecule has 1 aliphatic heterocycles. The number of amides is 1. The van der Waals surface area contributed by atoms with Crippen molar-refractivity contribution in [1.29, 1.82) is 0 Å². The molecule has 0 bridgehead atoms. The number of hydrogen-bond donors (Lipinski definition) is 2. The summed E-state index contributed by atoms with van der Waals surface area (Å²) in [5.74, 6) is 1.05. The summed E-state index contributed by atoms with van der Waals surface area (Å²) in [6.07, 6.45) is 3.21. The van der Waals surface area contributed by atoms with Gasteiger partial charge in [0.15, 0.2) is 11.5 Å². The molecule has 0 saturated heterocycles. The van der Waals surface area contributed by atoms with E-state index in [9.17, 15) is 4.79 Å². The monoisotopic (exact) mass is 347 g/mol. The van der Waals surface area contributed by atoms with Crippen LogP contribution >= 0.6 is 0 Å². The van der Waals surface area contributed by atoms with Crippen LogP contribution in [0.3, 0.4) is 0 Å². The van der Waals surface area contributed by atoms with E-state index >= 15 is 0 Å². The Labute approximate surface area is 150 Å². The molecule has 0 unspecified atom stereocenters. The lowest BCUT2D eigenvalue weighted by atomic mass is 10.2. The molecule has 1 aliphatic rings. The van der Waals surface area contributed by atoms with Crippen LogP contribution in [0.4, 0.5) is 17.1 Å². The first-order chi connectivity index (χ1) is 12.7. The minimum absolute atomic E-state index is 0.198. The first-order valence-electron chi connectivity index (χ1n) is 8.17. The Bertz CT molecular complexity index is 955. The third-order valence-corrected chi connectivity index (χ3v) is 3.97. The third kappa shape index (κ3) is 3.44. The molecule has 2 heterocycles. The predicted octanol–water partition coefficient (Wildman–Crippen LogP) is 4.11. The average Bonchev–Trinajstić information content (AvgIpc) is 3.12. The van der Waals surface area contributed by atoms with Crippen LogP contribution in [0.15, 0.2) is 60.9 Å². The molecule has 4 rings (SSSR count). The molecular formula is C20H17N3O3. The molecule has 0 spiro atoms. The first-order valence-corrected chi connectivity index (χ1v) is 8.17. The van der Waals surface area contributed by atoms with E-state index in [0.717, 1.165) is 11.4 Å². The van der Waals surface area contributed by atoms with Gasteiger partial charge in [-0.3, -0.25) is 9.78 Å². The second-order valence-electron chi connectivity index (χ2n) is 5.98. The summed E-state index contributed by atoms with van der Waals surface area (Å²) in [6.45, 7) is 2.23. The molecular weight excluding hydrogens is 330 g/mol. The summed E-state index contributed by atoms with van der Waals surface area (Å²) in [7, 11) is 0. The summed E-state index contributed by atoms with van der Waals surface area (Å²) >= 11 is 0. The number of rotatable bonds is 4. The molecule has 6 heteroatoms. The SMILES string of the molecule is Cc1ccc(Nc2cncc(C(=O)Nc3ccc4c(c3)OCO4)c2)cc1. The molecule has 0 saturated carbocycles. The van der Waals surface area contributed by atoms with Crippen LogP contribution in [0.25, 0.3) is 0 Å². The van der Waals surface area contributed by atoms with Crippen LogP contribution in [0.5, 0.6) is 11.5 Å². The summed E-state index contributed by atoms with van der Waals surface area (Å²) in [5.41, 5.74) is 3.96. The van der Waals surface area contributed by atoms with Crippen molar-refractivity contribution < 1.29 is 14.3 Å². The van der Waals surface area contributed by atoms with E-state index < -0.39 is 0 Å². The molecule has 1 amide bonds. The lowest BCUT2D eigenvalue weighted by Crippen LogP contribution is -2.12. The summed E-state index contributed by atoms with van der Waals surface area (Å²) in [4.78, 5) is 16.7. The maximum Gasteiger partial charge on any atom is 0.257 e. The van der Waals surface area contributed by atoms with E-state index in [0.29, 0.717) is 22.7 Å². The second-order valence-corrected chi connectivity index (χ2v) is 5.98. The van der Waals surface area contributed by atoms with E-state index in [1.54, 1.807) is 30.5 Å². The van der Waals surface area contributed by atoms with Crippen molar-refractivity contribution in [3.05, 3.63) is 72.1 Å². The van der Waals surface area contributed by atoms with Gasteiger partial charge < -0.3 is 20.1 Å². The third-order valence-electron chi connectivity index (χ3n) is 3.97. The van der Waals surface area contributed by atoms with Gasteiger partial charge in [0, 0.05) is 23.6 Å². The Morgan fingerprint density at radius 1 is 0.923 bits per heavy atom. The lowest BCUT2D eigenvalue weighted by molar-refractivity contribution is 0.102. The van der Waals surface area contributed by atoms with E-state index in [1.165, 1.54) is 11.8 Å². The average molecular weight is 347 g/mol. The number of fused-ring (bicyclic) bond motifs is 1. The molecule has 2 N–H and O–H groups in total. The smallest absolute Gasteiger partial charge is 0.257 e. The highest BCUT2D eigenvalue weighted by Crippen LogP contribution is 2.34. The van der Waals surface area contributed by atoms with Gasteiger partial charge in [-0.1, -0.05) is 17.7 Å². The number of ether oxygens (including phenoxy) is 2. The van der Waals surface area contributed by atoms with Crippen LogP contribution in [-0.2, 0) is 0 Å². The van der Waals surface area contributed by atoms with Gasteiger partial charge in [0.05, 0.1) is 17.4 Å². The largest absolute Gasteiger partial charge is 0.454 e. The lowest BCUT2D eigenvalue weighted by Gasteiger charge is -2.09. The number of nitrogens with zero attached hydrogens (tertiary/aromatic N) is 1. The van der Waals surface area contributed by atoms with Gasteiger partial charge in [0.1, 0.15) is 0 Å². The van der Waals surface area contributed by atoms with Crippen molar-refractivity contribution in [3.8, 4) is 11.5 Å². The predicted molar refractivity (Wildman–Crippen MR) is 99.2 cm³/mol. The zero-order valence-electron chi connectivity index (χ0n) is 14.2. The van der Waals surface area contributed by atoms with Crippen molar-refractivity contribution in [3.63, 3.8) is 0 Å². The highest BCUT2D eigenvalue weighted by molar-refractivity contribution is 6.04. The first kappa shape index (κ1) is 16.0. The molecule has 26 heavy (non-hydrogen) atoms.